The van der Waals surface area contributed by atoms with Crippen LogP contribution in [0.1, 0.15) is 77.2 Å². The number of hydrogen-bond donors (Lipinski definition) is 2. The summed E-state index contributed by atoms with van der Waals surface area (Å²) in [7, 11) is 4.87. The number of carbonyl (C=O) groups excluding carboxylic acids is 2. The maximum atomic E-state index is 13.8. The van der Waals surface area contributed by atoms with Crippen molar-refractivity contribution < 1.29 is 19.1 Å². The molecule has 3 N–H and O–H groups in total. The predicted molar refractivity (Wildman–Crippen MR) is 179 cm³/mol. The lowest BCUT2D eigenvalue weighted by Gasteiger charge is -2.23. The molecule has 0 radical (unpaired) electrons. The molecule has 48 heavy (non-hydrogen) atoms. The number of hydrogen-bond acceptors (Lipinski definition) is 8. The average molecular weight is 652 g/mol. The van der Waals surface area contributed by atoms with Crippen molar-refractivity contribution in [1.29, 1.82) is 0 Å². The Bertz CT molecular complexity index is 2090. The number of nitrogens with two attached hydrogens (primary N) is 1. The molecule has 5 aromatic rings. The SMILES string of the molecule is COc1nn(C)cc1C(=O)N[C@H](C)c1ccc2cc(-c3nc4cc(C(=O)N5[C@H]6CC[C@@H]5[C@H](N)C6)cc(OC)n4c3C)n(CC3CC3)c2n1. The van der Waals surface area contributed by atoms with Crippen molar-refractivity contribution >= 4 is 28.5 Å². The smallest absolute Gasteiger partial charge is 0.258 e. The summed E-state index contributed by atoms with van der Waals surface area (Å²) in [4.78, 5) is 39.2. The Balaban J connectivity index is 1.16. The first-order valence-electron chi connectivity index (χ1n) is 16.7. The van der Waals surface area contributed by atoms with Gasteiger partial charge in [0.2, 0.25) is 5.88 Å². The third kappa shape index (κ3) is 4.90. The number of carbonyl (C=O) groups is 2. The second-order valence-corrected chi connectivity index (χ2v) is 13.6. The van der Waals surface area contributed by atoms with Crippen molar-refractivity contribution in [2.45, 2.75) is 76.7 Å². The Morgan fingerprint density at radius 2 is 1.90 bits per heavy atom. The molecule has 0 aromatic carbocycles. The van der Waals surface area contributed by atoms with Crippen molar-refractivity contribution in [3.8, 4) is 23.1 Å². The van der Waals surface area contributed by atoms with Crippen molar-refractivity contribution in [2.75, 3.05) is 14.2 Å². The van der Waals surface area contributed by atoms with Crippen molar-refractivity contribution in [1.82, 2.24) is 38.9 Å². The number of aromatic nitrogens is 6. The quantitative estimate of drug-likeness (QED) is 0.243. The minimum Gasteiger partial charge on any atom is -0.482 e. The van der Waals surface area contributed by atoms with Crippen LogP contribution in [0.5, 0.6) is 11.8 Å². The summed E-state index contributed by atoms with van der Waals surface area (Å²) in [6.45, 7) is 4.76. The van der Waals surface area contributed by atoms with Gasteiger partial charge in [0.25, 0.3) is 11.8 Å². The Morgan fingerprint density at radius 1 is 1.08 bits per heavy atom. The fourth-order valence-corrected chi connectivity index (χ4v) is 7.74. The van der Waals surface area contributed by atoms with Gasteiger partial charge in [0.05, 0.1) is 37.3 Å². The largest absolute Gasteiger partial charge is 0.482 e. The van der Waals surface area contributed by atoms with Crippen LogP contribution in [0, 0.1) is 12.8 Å². The van der Waals surface area contributed by atoms with E-state index in [0.29, 0.717) is 28.6 Å². The lowest BCUT2D eigenvalue weighted by molar-refractivity contribution is 0.0725. The van der Waals surface area contributed by atoms with E-state index in [9.17, 15) is 9.59 Å². The first-order chi connectivity index (χ1) is 23.1. The van der Waals surface area contributed by atoms with Crippen LogP contribution < -0.4 is 20.5 Å². The standard InChI is InChI=1S/C35H41N9O4/c1-18(37-33(45)24-17-41(3)40-34(24)48-5)26-10-8-21-12-28(42(32(21)38-26)16-20-6-7-20)31-19(2)43-29(39-31)13-22(14-30(43)47-4)35(46)44-23-9-11-27(44)25(36)15-23/h8,10,12-14,17-18,20,23,25,27H,6-7,9,11,15-16,36H2,1-5H3,(H,37,45)/t18-,23+,25-,27-/m1/s1. The highest BCUT2D eigenvalue weighted by molar-refractivity contribution is 5.97. The maximum Gasteiger partial charge on any atom is 0.258 e. The second-order valence-electron chi connectivity index (χ2n) is 13.6. The van der Waals surface area contributed by atoms with Gasteiger partial charge in [-0.25, -0.2) is 9.97 Å². The van der Waals surface area contributed by atoms with E-state index in [1.165, 1.54) is 20.0 Å². The van der Waals surface area contributed by atoms with E-state index in [1.807, 2.05) is 41.3 Å². The van der Waals surface area contributed by atoms with E-state index >= 15 is 0 Å². The molecule has 1 saturated carbocycles. The number of ether oxygens (including phenoxy) is 2. The third-order valence-corrected chi connectivity index (χ3v) is 10.4. The van der Waals surface area contributed by atoms with Gasteiger partial charge in [0.1, 0.15) is 22.6 Å². The summed E-state index contributed by atoms with van der Waals surface area (Å²) in [5.74, 6) is 1.11. The Labute approximate surface area is 278 Å². The molecule has 2 saturated heterocycles. The zero-order valence-electron chi connectivity index (χ0n) is 27.9. The Morgan fingerprint density at radius 3 is 2.58 bits per heavy atom. The molecular formula is C35H41N9O4. The number of imidazole rings is 1. The van der Waals surface area contributed by atoms with E-state index in [0.717, 1.165) is 59.6 Å². The van der Waals surface area contributed by atoms with Gasteiger partial charge in [-0.1, -0.05) is 0 Å². The van der Waals surface area contributed by atoms with E-state index in [1.54, 1.807) is 25.0 Å². The minimum absolute atomic E-state index is 0.0128. The van der Waals surface area contributed by atoms with E-state index in [4.69, 9.17) is 25.2 Å². The molecule has 2 bridgehead atoms. The summed E-state index contributed by atoms with van der Waals surface area (Å²) in [5, 5.41) is 8.24. The molecule has 13 nitrogen and oxygen atoms in total. The summed E-state index contributed by atoms with van der Waals surface area (Å²) < 4.78 is 16.9. The molecule has 8 rings (SSSR count). The lowest BCUT2D eigenvalue weighted by atomic mass is 9.97. The fourth-order valence-electron chi connectivity index (χ4n) is 7.74. The summed E-state index contributed by atoms with van der Waals surface area (Å²) in [5.41, 5.74) is 12.2. The molecule has 250 valence electrons. The number of pyridine rings is 2. The normalized spacial score (nSPS) is 21.0. The lowest BCUT2D eigenvalue weighted by Crippen LogP contribution is -2.40. The van der Waals surface area contributed by atoms with Gasteiger partial charge in [0.15, 0.2) is 5.88 Å². The highest BCUT2D eigenvalue weighted by Crippen LogP contribution is 2.40. The van der Waals surface area contributed by atoms with Crippen LogP contribution in [0.4, 0.5) is 0 Å². The van der Waals surface area contributed by atoms with Crippen molar-refractivity contribution in [3.63, 3.8) is 0 Å². The first-order valence-corrected chi connectivity index (χ1v) is 16.7. The second kappa shape index (κ2) is 11.4. The molecule has 3 aliphatic rings. The summed E-state index contributed by atoms with van der Waals surface area (Å²) in [6.07, 6.45) is 6.79. The van der Waals surface area contributed by atoms with Gasteiger partial charge in [-0.2, -0.15) is 0 Å². The van der Waals surface area contributed by atoms with Crippen LogP contribution in [0.15, 0.2) is 36.5 Å². The summed E-state index contributed by atoms with van der Waals surface area (Å²) in [6, 6.07) is 9.78. The molecule has 4 atom stereocenters. The van der Waals surface area contributed by atoms with E-state index in [2.05, 4.69) is 27.1 Å². The van der Waals surface area contributed by atoms with Gasteiger partial charge >= 0.3 is 0 Å². The molecular weight excluding hydrogens is 610 g/mol. The predicted octanol–water partition coefficient (Wildman–Crippen LogP) is 4.02. The highest BCUT2D eigenvalue weighted by Gasteiger charge is 2.47. The van der Waals surface area contributed by atoms with Gasteiger partial charge in [-0.3, -0.25) is 18.7 Å². The number of fused-ring (bicyclic) bond motifs is 4. The first kappa shape index (κ1) is 30.4. The van der Waals surface area contributed by atoms with Gasteiger partial charge in [-0.05, 0) is 76.1 Å². The van der Waals surface area contributed by atoms with E-state index < -0.39 is 0 Å². The van der Waals surface area contributed by atoms with Crippen LogP contribution in [-0.4, -0.2) is 77.8 Å². The zero-order valence-corrected chi connectivity index (χ0v) is 27.9. The van der Waals surface area contributed by atoms with Crippen LogP contribution in [-0.2, 0) is 13.6 Å². The topological polar surface area (TPSA) is 147 Å². The zero-order chi connectivity index (χ0) is 33.4. The highest BCUT2D eigenvalue weighted by atomic mass is 16.5. The maximum absolute atomic E-state index is 13.8. The van der Waals surface area contributed by atoms with Gasteiger partial charge < -0.3 is 30.0 Å². The molecule has 5 aromatic heterocycles. The number of nitrogens with zero attached hydrogens (tertiary/aromatic N) is 7. The number of nitrogens with one attached hydrogen (secondary N) is 1. The van der Waals surface area contributed by atoms with Gasteiger partial charge in [0, 0.05) is 54.9 Å². The number of rotatable bonds is 9. The van der Waals surface area contributed by atoms with Crippen molar-refractivity contribution in [3.05, 3.63) is 59.0 Å². The van der Waals surface area contributed by atoms with Crippen LogP contribution in [0.2, 0.25) is 0 Å². The Hall–Kier alpha value is -4.91. The molecule has 2 amide bonds. The molecule has 2 aliphatic heterocycles. The Kier molecular flexibility index (Phi) is 7.20. The molecule has 7 heterocycles. The molecule has 1 aliphatic carbocycles. The molecule has 0 unspecified atom stereocenters. The van der Waals surface area contributed by atoms with Crippen LogP contribution >= 0.6 is 0 Å². The number of amides is 2. The molecule has 13 heteroatoms. The van der Waals surface area contributed by atoms with Crippen molar-refractivity contribution in [2.24, 2.45) is 18.7 Å². The molecule has 0 spiro atoms. The summed E-state index contributed by atoms with van der Waals surface area (Å²) >= 11 is 0. The van der Waals surface area contributed by atoms with E-state index in [-0.39, 0.29) is 41.9 Å². The monoisotopic (exact) mass is 651 g/mol. The average Bonchev–Trinajstić information content (AvgIpc) is 3.35. The third-order valence-electron chi connectivity index (χ3n) is 10.4. The molecule has 3 fully saturated rings. The minimum atomic E-state index is -0.364. The van der Waals surface area contributed by atoms with Crippen LogP contribution in [0.3, 0.4) is 0 Å². The van der Waals surface area contributed by atoms with Crippen LogP contribution in [0.25, 0.3) is 28.1 Å². The van der Waals surface area contributed by atoms with Gasteiger partial charge in [-0.15, -0.1) is 5.10 Å². The number of aryl methyl sites for hydroxylation is 2. The number of methoxy groups -OCH3 is 2. The fraction of sp³-hybridized carbons (Fsp3) is 0.457.